The fraction of sp³-hybridized carbons (Fsp3) is 0.125. The van der Waals surface area contributed by atoms with Crippen molar-refractivity contribution in [3.8, 4) is 0 Å². The van der Waals surface area contributed by atoms with Crippen molar-refractivity contribution >= 4 is 17.6 Å². The van der Waals surface area contributed by atoms with Crippen LogP contribution in [0.3, 0.4) is 0 Å². The molecule has 0 saturated heterocycles. The van der Waals surface area contributed by atoms with Gasteiger partial charge >= 0.3 is 0 Å². The van der Waals surface area contributed by atoms with Gasteiger partial charge in [-0.2, -0.15) is 5.10 Å². The third kappa shape index (κ3) is 2.34. The van der Waals surface area contributed by atoms with Crippen molar-refractivity contribution in [2.45, 2.75) is 10.2 Å². The molecule has 90 valence electrons. The van der Waals surface area contributed by atoms with Crippen LogP contribution in [-0.2, 0) is 7.05 Å². The minimum Gasteiger partial charge on any atom is -0.306 e. The highest BCUT2D eigenvalue weighted by Gasteiger charge is 2.14. The van der Waals surface area contributed by atoms with Crippen LogP contribution < -0.4 is 11.3 Å². The molecule has 0 unspecified atom stereocenters. The van der Waals surface area contributed by atoms with Crippen molar-refractivity contribution in [1.29, 1.82) is 0 Å². The number of nitrogens with one attached hydrogen (secondary N) is 1. The molecule has 2 rings (SSSR count). The van der Waals surface area contributed by atoms with Gasteiger partial charge in [0.15, 0.2) is 22.6 Å². The van der Waals surface area contributed by atoms with Gasteiger partial charge in [-0.25, -0.2) is 29.3 Å². The number of nitrogens with zero attached hydrogens (tertiary/aromatic N) is 4. The number of aromatic nitrogens is 4. The second-order valence-electron chi connectivity index (χ2n) is 3.02. The molecule has 2 aromatic heterocycles. The summed E-state index contributed by atoms with van der Waals surface area (Å²) in [6.45, 7) is 0. The molecule has 0 amide bonds. The number of hydrazine groups is 1. The number of nitrogen functional groups attached to an aromatic ring is 1. The van der Waals surface area contributed by atoms with Crippen molar-refractivity contribution in [2.24, 2.45) is 12.9 Å². The molecule has 0 bridgehead atoms. The molecule has 0 spiro atoms. The lowest BCUT2D eigenvalue weighted by Crippen LogP contribution is -2.11. The lowest BCUT2D eigenvalue weighted by Gasteiger charge is -2.05. The second kappa shape index (κ2) is 4.63. The predicted molar refractivity (Wildman–Crippen MR) is 57.1 cm³/mol. The number of hydrogen-bond donors (Lipinski definition) is 2. The average Bonchev–Trinajstić information content (AvgIpc) is 2.68. The van der Waals surface area contributed by atoms with Crippen LogP contribution in [0, 0.1) is 11.6 Å². The van der Waals surface area contributed by atoms with Gasteiger partial charge in [-0.15, -0.1) is 0 Å². The van der Waals surface area contributed by atoms with Gasteiger partial charge in [-0.05, 0) is 11.8 Å². The number of anilines is 1. The van der Waals surface area contributed by atoms with Crippen molar-refractivity contribution in [3.63, 3.8) is 0 Å². The number of pyridine rings is 1. The highest BCUT2D eigenvalue weighted by atomic mass is 32.2. The summed E-state index contributed by atoms with van der Waals surface area (Å²) in [7, 11) is 1.65. The maximum Gasteiger partial charge on any atom is 0.192 e. The predicted octanol–water partition coefficient (Wildman–Crippen LogP) is 0.925. The van der Waals surface area contributed by atoms with E-state index in [1.807, 2.05) is 5.43 Å². The van der Waals surface area contributed by atoms with E-state index in [-0.39, 0.29) is 10.8 Å². The normalized spacial score (nSPS) is 10.6. The van der Waals surface area contributed by atoms with Crippen LogP contribution in [-0.4, -0.2) is 19.7 Å². The van der Waals surface area contributed by atoms with Gasteiger partial charge in [0.05, 0.1) is 0 Å². The number of rotatable bonds is 3. The Balaban J connectivity index is 2.36. The van der Waals surface area contributed by atoms with Crippen LogP contribution in [0.5, 0.6) is 0 Å². The van der Waals surface area contributed by atoms with E-state index in [1.165, 1.54) is 11.0 Å². The summed E-state index contributed by atoms with van der Waals surface area (Å²) in [4.78, 5) is 7.59. The Bertz CT molecular complexity index is 543. The first-order chi connectivity index (χ1) is 8.11. The molecule has 6 nitrogen and oxygen atoms in total. The zero-order chi connectivity index (χ0) is 12.4. The summed E-state index contributed by atoms with van der Waals surface area (Å²) in [5.41, 5.74) is 2.05. The number of hydrogen-bond acceptors (Lipinski definition) is 6. The van der Waals surface area contributed by atoms with Gasteiger partial charge in [-0.1, -0.05) is 0 Å². The molecular formula is C8H8F2N6S. The Morgan fingerprint density at radius 2 is 2.18 bits per heavy atom. The van der Waals surface area contributed by atoms with Crippen molar-refractivity contribution in [3.05, 3.63) is 24.0 Å². The minimum atomic E-state index is -0.854. The molecule has 0 aliphatic carbocycles. The molecule has 2 aromatic rings. The smallest absolute Gasteiger partial charge is 0.192 e. The maximum atomic E-state index is 13.4. The fourth-order valence-electron chi connectivity index (χ4n) is 1.09. The van der Waals surface area contributed by atoms with Gasteiger partial charge in [0.25, 0.3) is 0 Å². The van der Waals surface area contributed by atoms with E-state index in [2.05, 4.69) is 15.1 Å². The summed E-state index contributed by atoms with van der Waals surface area (Å²) < 4.78 is 28.0. The summed E-state index contributed by atoms with van der Waals surface area (Å²) in [6.07, 6.45) is 1.33. The monoisotopic (exact) mass is 258 g/mol. The van der Waals surface area contributed by atoms with Crippen molar-refractivity contribution in [1.82, 2.24) is 19.7 Å². The Labute approximate surface area is 99.2 Å². The van der Waals surface area contributed by atoms with Crippen molar-refractivity contribution in [2.75, 3.05) is 5.43 Å². The first-order valence-electron chi connectivity index (χ1n) is 4.46. The summed E-state index contributed by atoms with van der Waals surface area (Å²) in [5.74, 6) is 3.19. The molecule has 9 heteroatoms. The van der Waals surface area contributed by atoms with E-state index in [0.717, 1.165) is 11.8 Å². The average molecular weight is 258 g/mol. The van der Waals surface area contributed by atoms with Crippen LogP contribution in [0.15, 0.2) is 22.6 Å². The Hall–Kier alpha value is -1.74. The van der Waals surface area contributed by atoms with Crippen molar-refractivity contribution < 1.29 is 8.78 Å². The molecule has 2 heterocycles. The van der Waals surface area contributed by atoms with E-state index >= 15 is 0 Å². The van der Waals surface area contributed by atoms with E-state index in [0.29, 0.717) is 11.2 Å². The third-order valence-electron chi connectivity index (χ3n) is 1.89. The van der Waals surface area contributed by atoms with Gasteiger partial charge in [0.1, 0.15) is 11.4 Å². The largest absolute Gasteiger partial charge is 0.306 e. The number of nitrogens with two attached hydrogens (primary N) is 1. The molecule has 0 radical (unpaired) electrons. The zero-order valence-corrected chi connectivity index (χ0v) is 9.50. The lowest BCUT2D eigenvalue weighted by atomic mass is 10.4. The SMILES string of the molecule is Cn1ncnc1Sc1nc(NN)c(F)cc1F. The van der Waals surface area contributed by atoms with E-state index in [4.69, 9.17) is 5.84 Å². The first-order valence-corrected chi connectivity index (χ1v) is 5.28. The summed E-state index contributed by atoms with van der Waals surface area (Å²) in [6, 6.07) is 0.709. The molecule has 0 aliphatic rings. The number of aryl methyl sites for hydroxylation is 1. The quantitative estimate of drug-likeness (QED) is 0.629. The topological polar surface area (TPSA) is 81.7 Å². The van der Waals surface area contributed by atoms with E-state index in [9.17, 15) is 8.78 Å². The third-order valence-corrected chi connectivity index (χ3v) is 2.92. The highest BCUT2D eigenvalue weighted by molar-refractivity contribution is 7.99. The van der Waals surface area contributed by atoms with E-state index < -0.39 is 11.6 Å². The minimum absolute atomic E-state index is 0.0320. The Morgan fingerprint density at radius 3 is 2.76 bits per heavy atom. The molecular weight excluding hydrogens is 250 g/mol. The van der Waals surface area contributed by atoms with Crippen LogP contribution in [0.4, 0.5) is 14.6 Å². The van der Waals surface area contributed by atoms with Gasteiger partial charge < -0.3 is 5.43 Å². The molecule has 17 heavy (non-hydrogen) atoms. The standard InChI is InChI=1S/C8H8F2N6S/c1-16-8(12-3-13-16)17-7-5(10)2-4(9)6(14-7)15-11/h2-3H,11H2,1H3,(H,14,15). The number of halogens is 2. The lowest BCUT2D eigenvalue weighted by molar-refractivity contribution is 0.550. The van der Waals surface area contributed by atoms with Crippen LogP contribution in [0.2, 0.25) is 0 Å². The zero-order valence-electron chi connectivity index (χ0n) is 8.69. The molecule has 0 fully saturated rings. The summed E-state index contributed by atoms with van der Waals surface area (Å²) >= 11 is 0.927. The molecule has 0 saturated carbocycles. The van der Waals surface area contributed by atoms with Gasteiger partial charge in [-0.3, -0.25) is 0 Å². The molecule has 3 N–H and O–H groups in total. The van der Waals surface area contributed by atoms with E-state index in [1.54, 1.807) is 7.05 Å². The van der Waals surface area contributed by atoms with Crippen LogP contribution >= 0.6 is 11.8 Å². The fourth-order valence-corrected chi connectivity index (χ4v) is 1.83. The molecule has 0 aliphatic heterocycles. The Kier molecular flexibility index (Phi) is 3.20. The highest BCUT2D eigenvalue weighted by Crippen LogP contribution is 2.28. The molecule has 0 atom stereocenters. The van der Waals surface area contributed by atoms with Gasteiger partial charge in [0, 0.05) is 13.1 Å². The Morgan fingerprint density at radius 1 is 1.41 bits per heavy atom. The van der Waals surface area contributed by atoms with Crippen LogP contribution in [0.1, 0.15) is 0 Å². The second-order valence-corrected chi connectivity index (χ2v) is 3.97. The first kappa shape index (κ1) is 11.7. The molecule has 0 aromatic carbocycles. The maximum absolute atomic E-state index is 13.4. The van der Waals surface area contributed by atoms with Crippen LogP contribution in [0.25, 0.3) is 0 Å². The summed E-state index contributed by atoms with van der Waals surface area (Å²) in [5, 5.41) is 4.23. The van der Waals surface area contributed by atoms with Gasteiger partial charge in [0.2, 0.25) is 0 Å².